The molecule has 3 rings (SSSR count). The molecule has 1 aliphatic rings. The minimum atomic E-state index is -0.0620. The Bertz CT molecular complexity index is 884. The van der Waals surface area contributed by atoms with Gasteiger partial charge in [-0.15, -0.1) is 0 Å². The fourth-order valence-corrected chi connectivity index (χ4v) is 4.42. The van der Waals surface area contributed by atoms with E-state index in [0.29, 0.717) is 25.7 Å². The molecule has 0 aromatic heterocycles. The van der Waals surface area contributed by atoms with Crippen LogP contribution < -0.4 is 0 Å². The van der Waals surface area contributed by atoms with E-state index in [1.54, 1.807) is 7.11 Å². The fourth-order valence-electron chi connectivity index (χ4n) is 4.42. The second-order valence-corrected chi connectivity index (χ2v) is 9.42. The van der Waals surface area contributed by atoms with Crippen LogP contribution in [0.1, 0.15) is 57.6 Å². The number of rotatable bonds is 14. The Morgan fingerprint density at radius 1 is 1.00 bits per heavy atom. The Morgan fingerprint density at radius 2 is 1.61 bits per heavy atom. The van der Waals surface area contributed by atoms with Crippen molar-refractivity contribution in [2.45, 2.75) is 71.9 Å². The van der Waals surface area contributed by atoms with Gasteiger partial charge in [-0.05, 0) is 41.9 Å². The first-order valence-electron chi connectivity index (χ1n) is 13.4. The summed E-state index contributed by atoms with van der Waals surface area (Å²) in [6.45, 7) is 11.8. The first-order valence-corrected chi connectivity index (χ1v) is 13.4. The number of allylic oxidation sites excluding steroid dienone is 5. The lowest BCUT2D eigenvalue weighted by Crippen LogP contribution is -2.43. The number of hydrogen-bond acceptors (Lipinski definition) is 3. The molecular formula is C33H46O3. The second-order valence-electron chi connectivity index (χ2n) is 9.42. The van der Waals surface area contributed by atoms with E-state index in [9.17, 15) is 0 Å². The van der Waals surface area contributed by atoms with Crippen molar-refractivity contribution in [1.82, 2.24) is 0 Å². The summed E-state index contributed by atoms with van der Waals surface area (Å²) in [6.07, 6.45) is 13.0. The van der Waals surface area contributed by atoms with Gasteiger partial charge in [-0.2, -0.15) is 0 Å². The van der Waals surface area contributed by atoms with Crippen molar-refractivity contribution in [1.29, 1.82) is 0 Å². The van der Waals surface area contributed by atoms with Crippen molar-refractivity contribution in [2.75, 3.05) is 13.7 Å². The van der Waals surface area contributed by atoms with Crippen LogP contribution in [-0.2, 0) is 27.4 Å². The molecular weight excluding hydrogens is 444 g/mol. The van der Waals surface area contributed by atoms with Crippen molar-refractivity contribution in [3.63, 3.8) is 0 Å². The predicted octanol–water partition coefficient (Wildman–Crippen LogP) is 8.32. The van der Waals surface area contributed by atoms with E-state index in [2.05, 4.69) is 62.9 Å². The van der Waals surface area contributed by atoms with Crippen molar-refractivity contribution in [3.8, 4) is 0 Å². The van der Waals surface area contributed by atoms with E-state index in [1.807, 2.05) is 49.4 Å². The fraction of sp³-hybridized carbons (Fsp3) is 0.455. The van der Waals surface area contributed by atoms with Crippen LogP contribution >= 0.6 is 0 Å². The molecule has 1 saturated carbocycles. The minimum Gasteiger partial charge on any atom is -0.376 e. The first-order chi connectivity index (χ1) is 17.6. The topological polar surface area (TPSA) is 27.7 Å². The van der Waals surface area contributed by atoms with E-state index < -0.39 is 0 Å². The third-order valence-corrected chi connectivity index (χ3v) is 6.88. The van der Waals surface area contributed by atoms with Gasteiger partial charge in [0.1, 0.15) is 6.10 Å². The SMILES string of the molecule is C=C/C=C(\C=C/C)CC.COC(COCc1ccccc1)C(OCc1ccccc1)C(C)C1CCC1. The van der Waals surface area contributed by atoms with Crippen LogP contribution in [0.25, 0.3) is 0 Å². The molecule has 0 N–H and O–H groups in total. The summed E-state index contributed by atoms with van der Waals surface area (Å²) < 4.78 is 18.2. The van der Waals surface area contributed by atoms with Gasteiger partial charge in [0.25, 0.3) is 0 Å². The Kier molecular flexibility index (Phi) is 14.8. The van der Waals surface area contributed by atoms with Gasteiger partial charge in [0, 0.05) is 7.11 Å². The monoisotopic (exact) mass is 490 g/mol. The molecule has 0 aliphatic heterocycles. The normalized spacial score (nSPS) is 16.5. The van der Waals surface area contributed by atoms with Crippen LogP contribution in [0.4, 0.5) is 0 Å². The summed E-state index contributed by atoms with van der Waals surface area (Å²) in [5.74, 6) is 1.20. The lowest BCUT2D eigenvalue weighted by atomic mass is 9.73. The number of benzene rings is 2. The van der Waals surface area contributed by atoms with Gasteiger partial charge in [0.2, 0.25) is 0 Å². The van der Waals surface area contributed by atoms with Gasteiger partial charge in [-0.1, -0.05) is 125 Å². The maximum Gasteiger partial charge on any atom is 0.107 e. The third-order valence-electron chi connectivity index (χ3n) is 6.88. The lowest BCUT2D eigenvalue weighted by molar-refractivity contribution is -0.129. The second kappa shape index (κ2) is 17.9. The Labute approximate surface area is 219 Å². The van der Waals surface area contributed by atoms with E-state index in [0.717, 1.165) is 12.3 Å². The van der Waals surface area contributed by atoms with Gasteiger partial charge in [0.15, 0.2) is 0 Å². The van der Waals surface area contributed by atoms with Crippen LogP contribution in [0.3, 0.4) is 0 Å². The zero-order valence-electron chi connectivity index (χ0n) is 22.8. The molecule has 0 radical (unpaired) electrons. The molecule has 0 saturated heterocycles. The molecule has 2 aromatic rings. The van der Waals surface area contributed by atoms with E-state index in [-0.39, 0.29) is 12.2 Å². The zero-order valence-corrected chi connectivity index (χ0v) is 22.8. The summed E-state index contributed by atoms with van der Waals surface area (Å²) in [7, 11) is 1.77. The molecule has 3 nitrogen and oxygen atoms in total. The summed E-state index contributed by atoms with van der Waals surface area (Å²) in [4.78, 5) is 0. The van der Waals surface area contributed by atoms with Gasteiger partial charge in [0.05, 0.1) is 25.9 Å². The lowest BCUT2D eigenvalue weighted by Gasteiger charge is -2.39. The van der Waals surface area contributed by atoms with Crippen LogP contribution in [-0.4, -0.2) is 25.9 Å². The summed E-state index contributed by atoms with van der Waals surface area (Å²) in [5, 5.41) is 0. The first kappa shape index (κ1) is 29.8. The highest BCUT2D eigenvalue weighted by molar-refractivity contribution is 5.21. The molecule has 0 spiro atoms. The molecule has 2 aromatic carbocycles. The highest BCUT2D eigenvalue weighted by Crippen LogP contribution is 2.37. The molecule has 0 amide bonds. The van der Waals surface area contributed by atoms with Crippen molar-refractivity contribution >= 4 is 0 Å². The molecule has 1 fully saturated rings. The van der Waals surface area contributed by atoms with E-state index in [4.69, 9.17) is 14.2 Å². The predicted molar refractivity (Wildman–Crippen MR) is 152 cm³/mol. The van der Waals surface area contributed by atoms with Gasteiger partial charge >= 0.3 is 0 Å². The van der Waals surface area contributed by atoms with Gasteiger partial charge < -0.3 is 14.2 Å². The third kappa shape index (κ3) is 10.7. The average molecular weight is 491 g/mol. The summed E-state index contributed by atoms with van der Waals surface area (Å²) in [6, 6.07) is 20.6. The Hall–Kier alpha value is -2.46. The number of methoxy groups -OCH3 is 1. The quantitative estimate of drug-likeness (QED) is 0.249. The zero-order chi connectivity index (χ0) is 26.0. The van der Waals surface area contributed by atoms with Crippen molar-refractivity contribution in [2.24, 2.45) is 11.8 Å². The molecule has 0 bridgehead atoms. The number of ether oxygens (including phenoxy) is 3. The molecule has 1 aliphatic carbocycles. The molecule has 3 unspecified atom stereocenters. The highest BCUT2D eigenvalue weighted by atomic mass is 16.6. The van der Waals surface area contributed by atoms with Crippen LogP contribution in [0.2, 0.25) is 0 Å². The maximum absolute atomic E-state index is 6.40. The maximum atomic E-state index is 6.40. The largest absolute Gasteiger partial charge is 0.376 e. The summed E-state index contributed by atoms with van der Waals surface area (Å²) in [5.41, 5.74) is 3.71. The standard InChI is InChI=1S/C24H32O3.C9H14/c1-19(22-14-9-15-22)24(27-17-21-12-7-4-8-13-21)23(25-2)18-26-16-20-10-5-3-6-11-20;1-4-7-9(6-3)8-5-2/h3-8,10-13,19,22-24H,9,14-18H2,1-2H3;4-5,7-8H,1,6H2,2-3H3/b;8-5-,9-7-. The van der Waals surface area contributed by atoms with Gasteiger partial charge in [-0.25, -0.2) is 0 Å². The minimum absolute atomic E-state index is 0.0382. The van der Waals surface area contributed by atoms with E-state index in [1.165, 1.54) is 36.0 Å². The van der Waals surface area contributed by atoms with Gasteiger partial charge in [-0.3, -0.25) is 0 Å². The molecule has 0 heterocycles. The van der Waals surface area contributed by atoms with Crippen molar-refractivity contribution < 1.29 is 14.2 Å². The average Bonchev–Trinajstić information content (AvgIpc) is 2.88. The van der Waals surface area contributed by atoms with Crippen LogP contribution in [0.5, 0.6) is 0 Å². The van der Waals surface area contributed by atoms with Crippen LogP contribution in [0.15, 0.2) is 97.1 Å². The van der Waals surface area contributed by atoms with E-state index >= 15 is 0 Å². The smallest absolute Gasteiger partial charge is 0.107 e. The molecule has 3 heteroatoms. The Morgan fingerprint density at radius 3 is 2.08 bits per heavy atom. The molecule has 3 atom stereocenters. The van der Waals surface area contributed by atoms with Crippen LogP contribution in [0, 0.1) is 11.8 Å². The Balaban J connectivity index is 0.000000434. The molecule has 36 heavy (non-hydrogen) atoms. The summed E-state index contributed by atoms with van der Waals surface area (Å²) >= 11 is 0. The highest BCUT2D eigenvalue weighted by Gasteiger charge is 2.35. The molecule has 196 valence electrons. The van der Waals surface area contributed by atoms with Crippen molar-refractivity contribution in [3.05, 3.63) is 108 Å². The number of hydrogen-bond donors (Lipinski definition) is 0.